The fourth-order valence-electron chi connectivity index (χ4n) is 0.440. The van der Waals surface area contributed by atoms with E-state index in [1.807, 2.05) is 0 Å². The molecular weight excluding hydrogens is 138 g/mol. The first-order valence-electron chi connectivity index (χ1n) is 2.84. The van der Waals surface area contributed by atoms with Crippen LogP contribution in [0.3, 0.4) is 0 Å². The Balaban J connectivity index is 3.06. The van der Waals surface area contributed by atoms with Crippen LogP contribution in [0, 0.1) is 0 Å². The van der Waals surface area contributed by atoms with Gasteiger partial charge in [-0.2, -0.15) is 0 Å². The largest absolute Gasteiger partial charge is 0.550 e. The predicted molar refractivity (Wildman–Crippen MR) is 26.3 cm³/mol. The van der Waals surface area contributed by atoms with Gasteiger partial charge in [-0.1, -0.05) is 0 Å². The first-order chi connectivity index (χ1) is 4.63. The lowest BCUT2D eigenvalue weighted by atomic mass is 10.4. The van der Waals surface area contributed by atoms with Gasteiger partial charge in [-0.25, -0.2) is 0 Å². The van der Waals surface area contributed by atoms with E-state index >= 15 is 0 Å². The molecule has 0 heterocycles. The standard InChI is InChI=1S/C5H9NO4/c7-4(8)1-2-6-3-5(9)10/h6H,1-3H2,(H,7,8)(H,9,10)/p-1. The van der Waals surface area contributed by atoms with E-state index < -0.39 is 11.9 Å². The summed E-state index contributed by atoms with van der Waals surface area (Å²) in [5.41, 5.74) is 0. The van der Waals surface area contributed by atoms with Gasteiger partial charge in [-0.05, 0) is 0 Å². The Morgan fingerprint density at radius 3 is 2.20 bits per heavy atom. The second-order valence-electron chi connectivity index (χ2n) is 1.78. The number of hydrogen-bond donors (Lipinski definition) is 1. The average molecular weight is 146 g/mol. The minimum atomic E-state index is -1.20. The maximum atomic E-state index is 9.75. The molecule has 0 aliphatic rings. The summed E-state index contributed by atoms with van der Waals surface area (Å²) in [7, 11) is 0. The van der Waals surface area contributed by atoms with Gasteiger partial charge in [0.15, 0.2) is 0 Å². The topological polar surface area (TPSA) is 96.9 Å². The van der Waals surface area contributed by atoms with Crippen LogP contribution in [-0.2, 0) is 9.59 Å². The number of carbonyl (C=O) groups excluding carboxylic acids is 2. The molecule has 2 N–H and O–H groups in total. The maximum absolute atomic E-state index is 9.75. The molecule has 58 valence electrons. The Hall–Kier alpha value is -1.10. The molecule has 0 saturated heterocycles. The first kappa shape index (κ1) is 8.90. The number of quaternary nitrogens is 1. The molecule has 0 radical (unpaired) electrons. The molecule has 0 fully saturated rings. The molecule has 0 atom stereocenters. The summed E-state index contributed by atoms with van der Waals surface area (Å²) in [4.78, 5) is 19.5. The smallest absolute Gasteiger partial charge is 0.116 e. The van der Waals surface area contributed by atoms with Crippen molar-refractivity contribution in [3.8, 4) is 0 Å². The van der Waals surface area contributed by atoms with E-state index in [4.69, 9.17) is 0 Å². The van der Waals surface area contributed by atoms with Crippen LogP contribution in [0.15, 0.2) is 0 Å². The SMILES string of the molecule is O=C([O-])CC[NH2+]CC(=O)[O-]. The van der Waals surface area contributed by atoms with Crippen molar-refractivity contribution in [3.05, 3.63) is 0 Å². The predicted octanol–water partition coefficient (Wildman–Crippen LogP) is -4.56. The molecule has 0 amide bonds. The third-order valence-electron chi connectivity index (χ3n) is 0.864. The van der Waals surface area contributed by atoms with Crippen LogP contribution >= 0.6 is 0 Å². The molecule has 0 rings (SSSR count). The highest BCUT2D eigenvalue weighted by Crippen LogP contribution is 1.62. The molecule has 5 heteroatoms. The molecule has 0 saturated carbocycles. The summed E-state index contributed by atoms with van der Waals surface area (Å²) in [6, 6.07) is 0. The van der Waals surface area contributed by atoms with E-state index in [9.17, 15) is 19.8 Å². The molecule has 0 unspecified atom stereocenters. The van der Waals surface area contributed by atoms with E-state index in [-0.39, 0.29) is 19.5 Å². The Bertz CT molecular complexity index is 118. The summed E-state index contributed by atoms with van der Waals surface area (Å²) in [5, 5.41) is 20.8. The van der Waals surface area contributed by atoms with Crippen molar-refractivity contribution in [2.24, 2.45) is 0 Å². The molecule has 10 heavy (non-hydrogen) atoms. The Morgan fingerprint density at radius 2 is 1.80 bits per heavy atom. The van der Waals surface area contributed by atoms with Crippen LogP contribution < -0.4 is 15.5 Å². The lowest BCUT2D eigenvalue weighted by molar-refractivity contribution is -0.649. The molecule has 0 aliphatic heterocycles. The number of carboxylic acids is 2. The average Bonchev–Trinajstić information content (AvgIpc) is 1.79. The van der Waals surface area contributed by atoms with Crippen LogP contribution in [0.25, 0.3) is 0 Å². The van der Waals surface area contributed by atoms with Crippen LogP contribution in [0.2, 0.25) is 0 Å². The first-order valence-corrected chi connectivity index (χ1v) is 2.84. The summed E-state index contributed by atoms with van der Waals surface area (Å²) in [5.74, 6) is -2.37. The number of aliphatic carboxylic acids is 2. The van der Waals surface area contributed by atoms with Gasteiger partial charge in [0.25, 0.3) is 0 Å². The molecular formula is C5H8NO4-. The Kier molecular flexibility index (Phi) is 4.23. The number of carbonyl (C=O) groups is 2. The van der Waals surface area contributed by atoms with Gasteiger partial charge in [0.2, 0.25) is 0 Å². The lowest BCUT2D eigenvalue weighted by Crippen LogP contribution is -2.87. The highest BCUT2D eigenvalue weighted by molar-refractivity contribution is 5.65. The van der Waals surface area contributed by atoms with Crippen LogP contribution in [-0.4, -0.2) is 25.0 Å². The van der Waals surface area contributed by atoms with Gasteiger partial charge in [0, 0.05) is 12.4 Å². The highest BCUT2D eigenvalue weighted by Gasteiger charge is 1.90. The fourth-order valence-corrected chi connectivity index (χ4v) is 0.440. The lowest BCUT2D eigenvalue weighted by Gasteiger charge is -2.01. The summed E-state index contributed by atoms with van der Waals surface area (Å²) < 4.78 is 0. The van der Waals surface area contributed by atoms with Crippen LogP contribution in [0.1, 0.15) is 6.42 Å². The maximum Gasteiger partial charge on any atom is 0.116 e. The molecule has 0 spiro atoms. The minimum absolute atomic E-state index is 0.132. The third kappa shape index (κ3) is 6.90. The van der Waals surface area contributed by atoms with Crippen molar-refractivity contribution in [1.82, 2.24) is 0 Å². The molecule has 0 aromatic carbocycles. The monoisotopic (exact) mass is 146 g/mol. The second kappa shape index (κ2) is 4.75. The van der Waals surface area contributed by atoms with E-state index in [1.165, 1.54) is 5.32 Å². The van der Waals surface area contributed by atoms with Gasteiger partial charge in [0.1, 0.15) is 6.54 Å². The third-order valence-corrected chi connectivity index (χ3v) is 0.864. The Labute approximate surface area is 57.7 Å². The number of nitrogens with two attached hydrogens (primary N) is 1. The summed E-state index contributed by atoms with van der Waals surface area (Å²) in [6.07, 6.45) is -0.132. The molecule has 0 aliphatic carbocycles. The fraction of sp³-hybridized carbons (Fsp3) is 0.600. The zero-order valence-electron chi connectivity index (χ0n) is 5.33. The van der Waals surface area contributed by atoms with Crippen LogP contribution in [0.4, 0.5) is 0 Å². The van der Waals surface area contributed by atoms with Gasteiger partial charge < -0.3 is 25.1 Å². The van der Waals surface area contributed by atoms with E-state index in [2.05, 4.69) is 0 Å². The van der Waals surface area contributed by atoms with E-state index in [0.29, 0.717) is 0 Å². The van der Waals surface area contributed by atoms with Crippen molar-refractivity contribution >= 4 is 11.9 Å². The number of carboxylic acid groups (broad SMARTS) is 2. The molecule has 5 nitrogen and oxygen atoms in total. The summed E-state index contributed by atoms with van der Waals surface area (Å²) in [6.45, 7) is 0.0175. The number of rotatable bonds is 5. The van der Waals surface area contributed by atoms with Crippen molar-refractivity contribution in [3.63, 3.8) is 0 Å². The van der Waals surface area contributed by atoms with Gasteiger partial charge in [-0.15, -0.1) is 0 Å². The van der Waals surface area contributed by atoms with Gasteiger partial charge in [0.05, 0.1) is 12.5 Å². The summed E-state index contributed by atoms with van der Waals surface area (Å²) >= 11 is 0. The Morgan fingerprint density at radius 1 is 1.20 bits per heavy atom. The zero-order chi connectivity index (χ0) is 7.98. The van der Waals surface area contributed by atoms with E-state index in [0.717, 1.165) is 0 Å². The van der Waals surface area contributed by atoms with Crippen molar-refractivity contribution < 1.29 is 25.1 Å². The van der Waals surface area contributed by atoms with Gasteiger partial charge >= 0.3 is 0 Å². The van der Waals surface area contributed by atoms with Gasteiger partial charge in [-0.3, -0.25) is 0 Å². The molecule has 0 aromatic heterocycles. The van der Waals surface area contributed by atoms with Crippen molar-refractivity contribution in [1.29, 1.82) is 0 Å². The van der Waals surface area contributed by atoms with Crippen LogP contribution in [0.5, 0.6) is 0 Å². The molecule has 0 bridgehead atoms. The number of hydrogen-bond acceptors (Lipinski definition) is 4. The second-order valence-corrected chi connectivity index (χ2v) is 1.78. The zero-order valence-corrected chi connectivity index (χ0v) is 5.33. The van der Waals surface area contributed by atoms with E-state index in [1.54, 1.807) is 0 Å². The van der Waals surface area contributed by atoms with Crippen molar-refractivity contribution in [2.45, 2.75) is 6.42 Å². The quantitative estimate of drug-likeness (QED) is 0.395. The highest BCUT2D eigenvalue weighted by atomic mass is 16.4. The normalized spacial score (nSPS) is 9.20. The van der Waals surface area contributed by atoms with Crippen molar-refractivity contribution in [2.75, 3.05) is 13.1 Å². The molecule has 0 aromatic rings. The minimum Gasteiger partial charge on any atom is -0.550 e.